The minimum Gasteiger partial charge on any atom is -0.268 e. The van der Waals surface area contributed by atoms with Crippen molar-refractivity contribution >= 4 is 40.3 Å². The summed E-state index contributed by atoms with van der Waals surface area (Å²) in [4.78, 5) is 19.3. The van der Waals surface area contributed by atoms with E-state index in [0.29, 0.717) is 16.5 Å². The van der Waals surface area contributed by atoms with Crippen molar-refractivity contribution in [1.29, 1.82) is 0 Å². The van der Waals surface area contributed by atoms with Crippen LogP contribution < -0.4 is 4.90 Å². The number of halogens is 3. The number of thioether (sulfide) groups is 1. The molecule has 0 unspecified atom stereocenters. The van der Waals surface area contributed by atoms with E-state index < -0.39 is 17.6 Å². The summed E-state index contributed by atoms with van der Waals surface area (Å²) in [6, 6.07) is 23.2. The molecule has 7 heteroatoms. The van der Waals surface area contributed by atoms with Crippen molar-refractivity contribution in [3.63, 3.8) is 0 Å². The van der Waals surface area contributed by atoms with E-state index in [0.717, 1.165) is 17.8 Å². The van der Waals surface area contributed by atoms with Crippen molar-refractivity contribution in [3.8, 4) is 0 Å². The molecule has 0 radical (unpaired) electrons. The van der Waals surface area contributed by atoms with E-state index in [4.69, 9.17) is 0 Å². The summed E-state index contributed by atoms with van der Waals surface area (Å²) >= 11 is 1.05. The SMILES string of the molecule is O=C1C(=Cc2ccccc2C(F)(F)F)SC(=Nc2ccccc2)N1c1ccccc1. The number of hydrogen-bond donors (Lipinski definition) is 0. The number of para-hydroxylation sites is 2. The van der Waals surface area contributed by atoms with Gasteiger partial charge in [0.25, 0.3) is 5.91 Å². The Hall–Kier alpha value is -3.32. The van der Waals surface area contributed by atoms with Crippen LogP contribution in [0.5, 0.6) is 0 Å². The zero-order valence-electron chi connectivity index (χ0n) is 15.5. The maximum Gasteiger partial charge on any atom is 0.416 e. The van der Waals surface area contributed by atoms with Crippen LogP contribution in [0.25, 0.3) is 6.08 Å². The maximum absolute atomic E-state index is 13.4. The minimum atomic E-state index is -4.51. The van der Waals surface area contributed by atoms with Gasteiger partial charge in [-0.3, -0.25) is 9.69 Å². The quantitative estimate of drug-likeness (QED) is 0.449. The number of hydrogen-bond acceptors (Lipinski definition) is 3. The van der Waals surface area contributed by atoms with Crippen LogP contribution in [0.3, 0.4) is 0 Å². The fourth-order valence-electron chi connectivity index (χ4n) is 2.99. The number of rotatable bonds is 3. The Morgan fingerprint density at radius 1 is 0.833 bits per heavy atom. The molecule has 1 amide bonds. The first-order chi connectivity index (χ1) is 14.4. The van der Waals surface area contributed by atoms with Crippen LogP contribution in [0.4, 0.5) is 24.5 Å². The fourth-order valence-corrected chi connectivity index (χ4v) is 3.98. The van der Waals surface area contributed by atoms with Crippen LogP contribution in [-0.2, 0) is 11.0 Å². The van der Waals surface area contributed by atoms with Crippen molar-refractivity contribution in [2.24, 2.45) is 4.99 Å². The molecule has 1 heterocycles. The monoisotopic (exact) mass is 424 g/mol. The number of nitrogens with zero attached hydrogens (tertiary/aromatic N) is 2. The lowest BCUT2D eigenvalue weighted by Gasteiger charge is -2.15. The number of amidine groups is 1. The van der Waals surface area contributed by atoms with Crippen molar-refractivity contribution < 1.29 is 18.0 Å². The molecule has 0 aliphatic carbocycles. The van der Waals surface area contributed by atoms with Gasteiger partial charge in [0.15, 0.2) is 5.17 Å². The highest BCUT2D eigenvalue weighted by Crippen LogP contribution is 2.39. The molecule has 3 nitrogen and oxygen atoms in total. The fraction of sp³-hybridized carbons (Fsp3) is 0.0435. The number of anilines is 1. The number of alkyl halides is 3. The maximum atomic E-state index is 13.4. The van der Waals surface area contributed by atoms with Crippen molar-refractivity contribution in [3.05, 3.63) is 101 Å². The molecule has 0 atom stereocenters. The van der Waals surface area contributed by atoms with Gasteiger partial charge in [0.2, 0.25) is 0 Å². The molecular weight excluding hydrogens is 409 g/mol. The number of amides is 1. The third-order valence-corrected chi connectivity index (χ3v) is 5.32. The van der Waals surface area contributed by atoms with Gasteiger partial charge >= 0.3 is 6.18 Å². The number of carbonyl (C=O) groups excluding carboxylic acids is 1. The Morgan fingerprint density at radius 3 is 2.10 bits per heavy atom. The van der Waals surface area contributed by atoms with Crippen LogP contribution >= 0.6 is 11.8 Å². The van der Waals surface area contributed by atoms with Gasteiger partial charge in [-0.1, -0.05) is 54.6 Å². The summed E-state index contributed by atoms with van der Waals surface area (Å²) in [5.41, 5.74) is 0.392. The average molecular weight is 424 g/mol. The number of aliphatic imine (C=N–C) groups is 1. The van der Waals surface area contributed by atoms with Gasteiger partial charge in [0, 0.05) is 0 Å². The highest BCUT2D eigenvalue weighted by molar-refractivity contribution is 8.19. The molecule has 0 N–H and O–H groups in total. The molecule has 150 valence electrons. The largest absolute Gasteiger partial charge is 0.416 e. The van der Waals surface area contributed by atoms with Gasteiger partial charge in [-0.25, -0.2) is 4.99 Å². The molecule has 30 heavy (non-hydrogen) atoms. The first kappa shape index (κ1) is 20.0. The molecule has 1 aliphatic rings. The van der Waals surface area contributed by atoms with Crippen LogP contribution in [0.1, 0.15) is 11.1 Å². The summed E-state index contributed by atoms with van der Waals surface area (Å²) in [6.45, 7) is 0. The van der Waals surface area contributed by atoms with E-state index in [1.54, 1.807) is 36.4 Å². The summed E-state index contributed by atoms with van der Waals surface area (Å²) in [6.07, 6.45) is -3.24. The van der Waals surface area contributed by atoms with Crippen molar-refractivity contribution in [1.82, 2.24) is 0 Å². The molecule has 1 aliphatic heterocycles. The zero-order chi connectivity index (χ0) is 21.1. The van der Waals surface area contributed by atoms with Crippen LogP contribution in [0.2, 0.25) is 0 Å². The summed E-state index contributed by atoms with van der Waals surface area (Å²) in [7, 11) is 0. The predicted octanol–water partition coefficient (Wildman–Crippen LogP) is 6.51. The van der Waals surface area contributed by atoms with E-state index in [1.807, 2.05) is 24.3 Å². The lowest BCUT2D eigenvalue weighted by Crippen LogP contribution is -2.28. The molecule has 3 aromatic carbocycles. The van der Waals surface area contributed by atoms with Gasteiger partial charge in [-0.2, -0.15) is 13.2 Å². The second-order valence-electron chi connectivity index (χ2n) is 6.40. The first-order valence-corrected chi connectivity index (χ1v) is 9.84. The lowest BCUT2D eigenvalue weighted by atomic mass is 10.1. The second kappa shape index (κ2) is 8.20. The smallest absolute Gasteiger partial charge is 0.268 e. The van der Waals surface area contributed by atoms with Gasteiger partial charge in [0.1, 0.15) is 0 Å². The molecule has 0 bridgehead atoms. The Morgan fingerprint density at radius 2 is 1.43 bits per heavy atom. The predicted molar refractivity (Wildman–Crippen MR) is 114 cm³/mol. The molecule has 3 aromatic rings. The highest BCUT2D eigenvalue weighted by atomic mass is 32.2. The Kier molecular flexibility index (Phi) is 5.46. The highest BCUT2D eigenvalue weighted by Gasteiger charge is 2.36. The standard InChI is InChI=1S/C23H15F3N2OS/c24-23(25,26)19-14-8-7-9-16(19)15-20-21(29)28(18-12-5-2-6-13-18)22(30-20)27-17-10-3-1-4-11-17/h1-15H. The van der Waals surface area contributed by atoms with E-state index in [2.05, 4.69) is 4.99 Å². The Bertz CT molecular complexity index is 1130. The minimum absolute atomic E-state index is 0.0603. The average Bonchev–Trinajstić information content (AvgIpc) is 3.03. The number of benzene rings is 3. The first-order valence-electron chi connectivity index (χ1n) is 9.02. The molecule has 1 saturated heterocycles. The third-order valence-electron chi connectivity index (χ3n) is 4.35. The van der Waals surface area contributed by atoms with Crippen LogP contribution in [-0.4, -0.2) is 11.1 Å². The van der Waals surface area contributed by atoms with E-state index in [9.17, 15) is 18.0 Å². The summed E-state index contributed by atoms with van der Waals surface area (Å²) in [5.74, 6) is -0.419. The summed E-state index contributed by atoms with van der Waals surface area (Å²) in [5, 5.41) is 0.383. The topological polar surface area (TPSA) is 32.7 Å². The third kappa shape index (κ3) is 4.16. The van der Waals surface area contributed by atoms with Crippen LogP contribution in [0, 0.1) is 0 Å². The molecule has 0 saturated carbocycles. The van der Waals surface area contributed by atoms with Crippen molar-refractivity contribution in [2.45, 2.75) is 6.18 Å². The normalized spacial score (nSPS) is 17.2. The van der Waals surface area contributed by atoms with Gasteiger partial charge in [-0.15, -0.1) is 0 Å². The van der Waals surface area contributed by atoms with Crippen LogP contribution in [0.15, 0.2) is 94.8 Å². The molecular formula is C23H15F3N2OS. The van der Waals surface area contributed by atoms with E-state index in [-0.39, 0.29) is 10.5 Å². The second-order valence-corrected chi connectivity index (χ2v) is 7.41. The van der Waals surface area contributed by atoms with Gasteiger partial charge < -0.3 is 0 Å². The molecule has 4 rings (SSSR count). The van der Waals surface area contributed by atoms with Gasteiger partial charge in [0.05, 0.1) is 21.8 Å². The molecule has 0 spiro atoms. The molecule has 1 fully saturated rings. The lowest BCUT2D eigenvalue weighted by molar-refractivity contribution is -0.137. The number of carbonyl (C=O) groups is 1. The Labute approximate surface area is 175 Å². The van der Waals surface area contributed by atoms with Crippen molar-refractivity contribution in [2.75, 3.05) is 4.90 Å². The van der Waals surface area contributed by atoms with E-state index >= 15 is 0 Å². The van der Waals surface area contributed by atoms with Gasteiger partial charge in [-0.05, 0) is 53.7 Å². The zero-order valence-corrected chi connectivity index (χ0v) is 16.3. The Balaban J connectivity index is 1.80. The summed E-state index contributed by atoms with van der Waals surface area (Å²) < 4.78 is 40.1. The van der Waals surface area contributed by atoms with E-state index in [1.165, 1.54) is 29.2 Å². The molecule has 0 aromatic heterocycles.